The van der Waals surface area contributed by atoms with Crippen molar-refractivity contribution >= 4 is 23.4 Å². The normalized spacial score (nSPS) is 11.0. The van der Waals surface area contributed by atoms with Crippen molar-refractivity contribution in [1.82, 2.24) is 24.7 Å². The van der Waals surface area contributed by atoms with Crippen LogP contribution < -0.4 is 0 Å². The van der Waals surface area contributed by atoms with Crippen molar-refractivity contribution in [1.29, 1.82) is 0 Å². The summed E-state index contributed by atoms with van der Waals surface area (Å²) in [7, 11) is 0. The van der Waals surface area contributed by atoms with Gasteiger partial charge < -0.3 is 4.42 Å². The Morgan fingerprint density at radius 3 is 2.77 bits per heavy atom. The Morgan fingerprint density at radius 1 is 1.08 bits per heavy atom. The van der Waals surface area contributed by atoms with E-state index in [0.717, 1.165) is 27.9 Å². The molecule has 0 atom stereocenters. The fraction of sp³-hybridized carbons (Fsp3) is 0.111. The first-order chi connectivity index (χ1) is 12.8. The summed E-state index contributed by atoms with van der Waals surface area (Å²) in [6, 6.07) is 11.4. The minimum Gasteiger partial charge on any atom is -0.467 e. The van der Waals surface area contributed by atoms with Crippen molar-refractivity contribution < 1.29 is 4.42 Å². The summed E-state index contributed by atoms with van der Waals surface area (Å²) in [4.78, 5) is 8.29. The van der Waals surface area contributed by atoms with Gasteiger partial charge in [0, 0.05) is 29.9 Å². The second-order valence-electron chi connectivity index (χ2n) is 5.49. The molecule has 0 radical (unpaired) electrons. The molecule has 4 aromatic heterocycles. The first-order valence-electron chi connectivity index (χ1n) is 7.89. The zero-order valence-electron chi connectivity index (χ0n) is 13.6. The molecule has 0 spiro atoms. The summed E-state index contributed by atoms with van der Waals surface area (Å²) >= 11 is 7.43. The van der Waals surface area contributed by atoms with Gasteiger partial charge >= 0.3 is 0 Å². The number of hydrogen-bond acceptors (Lipinski definition) is 6. The largest absolute Gasteiger partial charge is 0.467 e. The lowest BCUT2D eigenvalue weighted by molar-refractivity contribution is 0.485. The molecule has 0 aromatic carbocycles. The molecule has 4 aromatic rings. The number of thioether (sulfide) groups is 1. The Kier molecular flexibility index (Phi) is 4.99. The van der Waals surface area contributed by atoms with Gasteiger partial charge in [0.05, 0.1) is 12.8 Å². The first-order valence-corrected chi connectivity index (χ1v) is 9.25. The Morgan fingerprint density at radius 2 is 2.04 bits per heavy atom. The highest BCUT2D eigenvalue weighted by atomic mass is 35.5. The molecule has 0 fully saturated rings. The van der Waals surface area contributed by atoms with Crippen LogP contribution in [-0.2, 0) is 12.3 Å². The van der Waals surface area contributed by atoms with E-state index < -0.39 is 0 Å². The Hall–Kier alpha value is -2.64. The van der Waals surface area contributed by atoms with Crippen molar-refractivity contribution in [3.05, 3.63) is 77.7 Å². The van der Waals surface area contributed by atoms with E-state index in [4.69, 9.17) is 16.0 Å². The third kappa shape index (κ3) is 3.79. The molecular formula is C18H14ClN5OS. The van der Waals surface area contributed by atoms with E-state index in [1.54, 1.807) is 42.7 Å². The number of aromatic nitrogens is 5. The lowest BCUT2D eigenvalue weighted by Gasteiger charge is -2.08. The number of rotatable bonds is 6. The predicted molar refractivity (Wildman–Crippen MR) is 99.9 cm³/mol. The molecular weight excluding hydrogens is 370 g/mol. The Balaban J connectivity index is 1.63. The summed E-state index contributed by atoms with van der Waals surface area (Å²) < 4.78 is 7.53. The Bertz CT molecular complexity index is 971. The van der Waals surface area contributed by atoms with Crippen LogP contribution in [0.15, 0.2) is 70.8 Å². The molecule has 6 nitrogen and oxygen atoms in total. The standard InChI is InChI=1S/C18H14ClN5OS/c19-16-6-5-13(9-21-16)12-26-18-23-22-17(14-3-1-7-20-10-14)24(18)11-15-4-2-8-25-15/h1-10H,11-12H2. The molecule has 0 bridgehead atoms. The van der Waals surface area contributed by atoms with Crippen molar-refractivity contribution in [3.8, 4) is 11.4 Å². The quantitative estimate of drug-likeness (QED) is 0.364. The third-order valence-electron chi connectivity index (χ3n) is 3.69. The summed E-state index contributed by atoms with van der Waals surface area (Å²) in [5.74, 6) is 2.31. The van der Waals surface area contributed by atoms with Gasteiger partial charge in [-0.25, -0.2) is 4.98 Å². The zero-order chi connectivity index (χ0) is 17.8. The lowest BCUT2D eigenvalue weighted by Crippen LogP contribution is -2.03. The van der Waals surface area contributed by atoms with Crippen molar-refractivity contribution in [2.24, 2.45) is 0 Å². The molecule has 0 aliphatic heterocycles. The van der Waals surface area contributed by atoms with Gasteiger partial charge in [0.15, 0.2) is 11.0 Å². The fourth-order valence-electron chi connectivity index (χ4n) is 2.44. The van der Waals surface area contributed by atoms with Gasteiger partial charge in [-0.2, -0.15) is 0 Å². The minimum atomic E-state index is 0.485. The van der Waals surface area contributed by atoms with Crippen molar-refractivity contribution in [3.63, 3.8) is 0 Å². The van der Waals surface area contributed by atoms with Crippen LogP contribution >= 0.6 is 23.4 Å². The van der Waals surface area contributed by atoms with Crippen LogP contribution in [0.1, 0.15) is 11.3 Å². The summed E-state index contributed by atoms with van der Waals surface area (Å²) in [5.41, 5.74) is 1.97. The molecule has 0 aliphatic rings. The third-order valence-corrected chi connectivity index (χ3v) is 4.95. The highest BCUT2D eigenvalue weighted by Gasteiger charge is 2.16. The van der Waals surface area contributed by atoms with Gasteiger partial charge in [0.1, 0.15) is 10.9 Å². The number of halogens is 1. The van der Waals surface area contributed by atoms with E-state index in [0.29, 0.717) is 17.5 Å². The molecule has 0 unspecified atom stereocenters. The number of hydrogen-bond donors (Lipinski definition) is 0. The molecule has 8 heteroatoms. The highest BCUT2D eigenvalue weighted by Crippen LogP contribution is 2.27. The smallest absolute Gasteiger partial charge is 0.192 e. The van der Waals surface area contributed by atoms with Gasteiger partial charge in [-0.05, 0) is 35.9 Å². The molecule has 4 rings (SSSR count). The van der Waals surface area contributed by atoms with E-state index in [1.165, 1.54) is 0 Å². The van der Waals surface area contributed by atoms with Crippen LogP contribution in [0.5, 0.6) is 0 Å². The SMILES string of the molecule is Clc1ccc(CSc2nnc(-c3cccnc3)n2Cc2ccco2)cn1. The number of furan rings is 1. The predicted octanol–water partition coefficient (Wildman–Crippen LogP) is 4.32. The molecule has 26 heavy (non-hydrogen) atoms. The monoisotopic (exact) mass is 383 g/mol. The van der Waals surface area contributed by atoms with Crippen LogP contribution in [0, 0.1) is 0 Å². The molecule has 0 aliphatic carbocycles. The van der Waals surface area contributed by atoms with Gasteiger partial charge in [-0.15, -0.1) is 10.2 Å². The highest BCUT2D eigenvalue weighted by molar-refractivity contribution is 7.98. The summed E-state index contributed by atoms with van der Waals surface area (Å²) in [6.45, 7) is 0.547. The maximum absolute atomic E-state index is 5.84. The van der Waals surface area contributed by atoms with E-state index >= 15 is 0 Å². The van der Waals surface area contributed by atoms with Crippen LogP contribution in [0.4, 0.5) is 0 Å². The van der Waals surface area contributed by atoms with Crippen molar-refractivity contribution in [2.45, 2.75) is 17.5 Å². The van der Waals surface area contributed by atoms with E-state index in [-0.39, 0.29) is 0 Å². The molecule has 0 N–H and O–H groups in total. The molecule has 0 amide bonds. The topological polar surface area (TPSA) is 69.6 Å². The maximum atomic E-state index is 5.84. The number of pyridine rings is 2. The second kappa shape index (κ2) is 7.72. The van der Waals surface area contributed by atoms with Crippen LogP contribution in [-0.4, -0.2) is 24.7 Å². The summed E-state index contributed by atoms with van der Waals surface area (Å²) in [5, 5.41) is 10.0. The van der Waals surface area contributed by atoms with Gasteiger partial charge in [0.25, 0.3) is 0 Å². The lowest BCUT2D eigenvalue weighted by atomic mass is 10.2. The maximum Gasteiger partial charge on any atom is 0.192 e. The molecule has 4 heterocycles. The minimum absolute atomic E-state index is 0.485. The molecule has 0 saturated heterocycles. The average Bonchev–Trinajstić information content (AvgIpc) is 3.33. The Labute approximate surface area is 159 Å². The van der Waals surface area contributed by atoms with E-state index in [1.807, 2.05) is 34.9 Å². The van der Waals surface area contributed by atoms with Gasteiger partial charge in [0.2, 0.25) is 0 Å². The summed E-state index contributed by atoms with van der Waals surface area (Å²) in [6.07, 6.45) is 6.94. The first kappa shape index (κ1) is 16.8. The number of nitrogens with zero attached hydrogens (tertiary/aromatic N) is 5. The molecule has 0 saturated carbocycles. The van der Waals surface area contributed by atoms with E-state index in [9.17, 15) is 0 Å². The molecule has 130 valence electrons. The fourth-order valence-corrected chi connectivity index (χ4v) is 3.43. The van der Waals surface area contributed by atoms with Crippen molar-refractivity contribution in [2.75, 3.05) is 0 Å². The zero-order valence-corrected chi connectivity index (χ0v) is 15.2. The average molecular weight is 384 g/mol. The van der Waals surface area contributed by atoms with E-state index in [2.05, 4.69) is 20.2 Å². The van der Waals surface area contributed by atoms with Gasteiger partial charge in [-0.3, -0.25) is 9.55 Å². The van der Waals surface area contributed by atoms with Gasteiger partial charge in [-0.1, -0.05) is 29.4 Å². The van der Waals surface area contributed by atoms with Crippen LogP contribution in [0.3, 0.4) is 0 Å². The second-order valence-corrected chi connectivity index (χ2v) is 6.82. The van der Waals surface area contributed by atoms with Crippen LogP contribution in [0.25, 0.3) is 11.4 Å². The van der Waals surface area contributed by atoms with Crippen LogP contribution in [0.2, 0.25) is 5.15 Å².